The fourth-order valence-electron chi connectivity index (χ4n) is 4.64. The molecule has 1 spiro atoms. The van der Waals surface area contributed by atoms with Crippen LogP contribution >= 0.6 is 11.6 Å². The van der Waals surface area contributed by atoms with Crippen molar-refractivity contribution in [2.75, 3.05) is 24.5 Å². The molecule has 9 heteroatoms. The van der Waals surface area contributed by atoms with Crippen LogP contribution in [-0.4, -0.2) is 52.7 Å². The van der Waals surface area contributed by atoms with Gasteiger partial charge in [-0.15, -0.1) is 0 Å². The average molecular weight is 483 g/mol. The monoisotopic (exact) mass is 482 g/mol. The molecule has 0 aliphatic carbocycles. The van der Waals surface area contributed by atoms with Crippen LogP contribution in [0.15, 0.2) is 42.5 Å². The molecule has 1 unspecified atom stereocenters. The van der Waals surface area contributed by atoms with E-state index in [1.165, 1.54) is 17.0 Å². The van der Waals surface area contributed by atoms with Crippen molar-refractivity contribution in [3.8, 4) is 6.07 Å². The first-order valence-electron chi connectivity index (χ1n) is 11.0. The second-order valence-corrected chi connectivity index (χ2v) is 9.41. The van der Waals surface area contributed by atoms with Crippen molar-refractivity contribution in [3.05, 3.63) is 64.4 Å². The summed E-state index contributed by atoms with van der Waals surface area (Å²) in [7, 11) is 0. The first-order valence-corrected chi connectivity index (χ1v) is 11.4. The SMILES string of the molecule is CC(C)C(=O)N1CCC2(C1)C(=O)N(c1ccc(C#N)cc1F)CC(=O)N2Cc1ccc(Cl)cc1. The van der Waals surface area contributed by atoms with Crippen LogP contribution in [0.3, 0.4) is 0 Å². The Morgan fingerprint density at radius 3 is 2.53 bits per heavy atom. The number of nitriles is 1. The molecule has 176 valence electrons. The third-order valence-electron chi connectivity index (χ3n) is 6.43. The second kappa shape index (κ2) is 9.07. The van der Waals surface area contributed by atoms with E-state index in [2.05, 4.69) is 0 Å². The number of carbonyl (C=O) groups is 3. The zero-order valence-corrected chi connectivity index (χ0v) is 19.7. The maximum Gasteiger partial charge on any atom is 0.255 e. The molecule has 2 aliphatic heterocycles. The van der Waals surface area contributed by atoms with E-state index in [4.69, 9.17) is 16.9 Å². The number of benzene rings is 2. The number of rotatable bonds is 4. The average Bonchev–Trinajstić information content (AvgIpc) is 3.26. The van der Waals surface area contributed by atoms with Gasteiger partial charge in [-0.25, -0.2) is 4.39 Å². The summed E-state index contributed by atoms with van der Waals surface area (Å²) in [4.78, 5) is 44.4. The minimum absolute atomic E-state index is 0.0383. The number of hydrogen-bond donors (Lipinski definition) is 0. The topological polar surface area (TPSA) is 84.7 Å². The van der Waals surface area contributed by atoms with E-state index in [0.29, 0.717) is 11.6 Å². The number of halogens is 2. The number of likely N-dealkylation sites (tertiary alicyclic amines) is 1. The largest absolute Gasteiger partial charge is 0.339 e. The molecule has 0 radical (unpaired) electrons. The van der Waals surface area contributed by atoms with E-state index in [-0.39, 0.29) is 55.0 Å². The first kappa shape index (κ1) is 23.7. The number of nitrogens with zero attached hydrogens (tertiary/aromatic N) is 4. The van der Waals surface area contributed by atoms with Crippen LogP contribution in [0.1, 0.15) is 31.4 Å². The smallest absolute Gasteiger partial charge is 0.255 e. The highest BCUT2D eigenvalue weighted by molar-refractivity contribution is 6.30. The molecule has 0 saturated carbocycles. The van der Waals surface area contributed by atoms with E-state index in [1.54, 1.807) is 43.0 Å². The van der Waals surface area contributed by atoms with Crippen LogP contribution in [0.5, 0.6) is 0 Å². The Bertz CT molecular complexity index is 1190. The minimum Gasteiger partial charge on any atom is -0.339 e. The molecule has 7 nitrogen and oxygen atoms in total. The third kappa shape index (κ3) is 4.12. The fraction of sp³-hybridized carbons (Fsp3) is 0.360. The van der Waals surface area contributed by atoms with Crippen LogP contribution in [0.4, 0.5) is 10.1 Å². The summed E-state index contributed by atoms with van der Waals surface area (Å²) in [6, 6.07) is 12.6. The lowest BCUT2D eigenvalue weighted by atomic mass is 9.89. The highest BCUT2D eigenvalue weighted by Gasteiger charge is 2.57. The lowest BCUT2D eigenvalue weighted by Crippen LogP contribution is -2.69. The molecule has 2 aromatic rings. The van der Waals surface area contributed by atoms with Gasteiger partial charge in [0, 0.05) is 24.0 Å². The summed E-state index contributed by atoms with van der Waals surface area (Å²) in [6.45, 7) is 3.74. The molecule has 2 aliphatic rings. The van der Waals surface area contributed by atoms with Crippen molar-refractivity contribution < 1.29 is 18.8 Å². The standard InChI is InChI=1S/C25H24ClFN4O3/c1-16(2)23(33)29-10-9-25(15-29)24(34)30(21-8-5-18(12-28)11-20(21)27)14-22(32)31(25)13-17-3-6-19(26)7-4-17/h3-8,11,16H,9-10,13-15H2,1-2H3. The van der Waals surface area contributed by atoms with Crippen LogP contribution in [-0.2, 0) is 20.9 Å². The molecule has 2 aromatic carbocycles. The van der Waals surface area contributed by atoms with Crippen molar-refractivity contribution in [1.82, 2.24) is 9.80 Å². The van der Waals surface area contributed by atoms with E-state index in [0.717, 1.165) is 16.5 Å². The Morgan fingerprint density at radius 1 is 1.21 bits per heavy atom. The Balaban J connectivity index is 1.74. The number of hydrogen-bond acceptors (Lipinski definition) is 4. The summed E-state index contributed by atoms with van der Waals surface area (Å²) < 4.78 is 14.8. The summed E-state index contributed by atoms with van der Waals surface area (Å²) in [5.41, 5.74) is -0.474. The molecule has 2 saturated heterocycles. The minimum atomic E-state index is -1.32. The second-order valence-electron chi connectivity index (χ2n) is 8.97. The molecule has 4 rings (SSSR count). The lowest BCUT2D eigenvalue weighted by molar-refractivity contribution is -0.152. The molecule has 0 bridgehead atoms. The predicted octanol–water partition coefficient (Wildman–Crippen LogP) is 3.35. The lowest BCUT2D eigenvalue weighted by Gasteiger charge is -2.47. The zero-order valence-electron chi connectivity index (χ0n) is 18.9. The number of anilines is 1. The van der Waals surface area contributed by atoms with Gasteiger partial charge in [0.2, 0.25) is 11.8 Å². The Labute approximate surface area is 202 Å². The van der Waals surface area contributed by atoms with E-state index >= 15 is 0 Å². The van der Waals surface area contributed by atoms with Gasteiger partial charge >= 0.3 is 0 Å². The fourth-order valence-corrected chi connectivity index (χ4v) is 4.77. The van der Waals surface area contributed by atoms with Gasteiger partial charge in [0.05, 0.1) is 23.9 Å². The highest BCUT2D eigenvalue weighted by Crippen LogP contribution is 2.38. The van der Waals surface area contributed by atoms with E-state index < -0.39 is 17.3 Å². The van der Waals surface area contributed by atoms with Crippen molar-refractivity contribution >= 4 is 35.0 Å². The van der Waals surface area contributed by atoms with Gasteiger partial charge in [0.15, 0.2) is 0 Å². The Hall–Kier alpha value is -3.44. The highest BCUT2D eigenvalue weighted by atomic mass is 35.5. The Morgan fingerprint density at radius 2 is 1.91 bits per heavy atom. The van der Waals surface area contributed by atoms with Gasteiger partial charge in [-0.3, -0.25) is 19.3 Å². The maximum atomic E-state index is 14.8. The molecule has 0 N–H and O–H groups in total. The van der Waals surface area contributed by atoms with Crippen LogP contribution in [0, 0.1) is 23.1 Å². The van der Waals surface area contributed by atoms with Crippen molar-refractivity contribution in [1.29, 1.82) is 5.26 Å². The molecular weight excluding hydrogens is 459 g/mol. The summed E-state index contributed by atoms with van der Waals surface area (Å²) in [6.07, 6.45) is 0.248. The van der Waals surface area contributed by atoms with E-state index in [1.807, 2.05) is 6.07 Å². The predicted molar refractivity (Wildman–Crippen MR) is 124 cm³/mol. The summed E-state index contributed by atoms with van der Waals surface area (Å²) in [5.74, 6) is -1.91. The normalized spacial score (nSPS) is 20.4. The first-order chi connectivity index (χ1) is 16.2. The molecule has 0 aromatic heterocycles. The maximum absolute atomic E-state index is 14.8. The molecule has 2 fully saturated rings. The van der Waals surface area contributed by atoms with Crippen LogP contribution in [0.2, 0.25) is 5.02 Å². The van der Waals surface area contributed by atoms with E-state index in [9.17, 15) is 18.8 Å². The molecule has 34 heavy (non-hydrogen) atoms. The Kier molecular flexibility index (Phi) is 6.32. The van der Waals surface area contributed by atoms with Crippen LogP contribution < -0.4 is 4.90 Å². The quantitative estimate of drug-likeness (QED) is 0.669. The van der Waals surface area contributed by atoms with Gasteiger partial charge in [-0.1, -0.05) is 37.6 Å². The number of amides is 3. The zero-order chi connectivity index (χ0) is 24.6. The summed E-state index contributed by atoms with van der Waals surface area (Å²) >= 11 is 5.99. The van der Waals surface area contributed by atoms with Gasteiger partial charge in [-0.05, 0) is 42.3 Å². The molecular formula is C25H24ClFN4O3. The third-order valence-corrected chi connectivity index (χ3v) is 6.68. The summed E-state index contributed by atoms with van der Waals surface area (Å²) in [5, 5.41) is 9.59. The van der Waals surface area contributed by atoms with Crippen molar-refractivity contribution in [3.63, 3.8) is 0 Å². The van der Waals surface area contributed by atoms with Gasteiger partial charge in [0.1, 0.15) is 17.9 Å². The van der Waals surface area contributed by atoms with Gasteiger partial charge in [-0.2, -0.15) is 5.26 Å². The molecule has 2 heterocycles. The van der Waals surface area contributed by atoms with Crippen LogP contribution in [0.25, 0.3) is 0 Å². The molecule has 1 atom stereocenters. The number of carbonyl (C=O) groups excluding carboxylic acids is 3. The van der Waals surface area contributed by atoms with Crippen molar-refractivity contribution in [2.24, 2.45) is 5.92 Å². The van der Waals surface area contributed by atoms with Gasteiger partial charge < -0.3 is 9.80 Å². The van der Waals surface area contributed by atoms with Gasteiger partial charge in [0.25, 0.3) is 5.91 Å². The van der Waals surface area contributed by atoms with Crippen molar-refractivity contribution in [2.45, 2.75) is 32.4 Å². The molecule has 3 amide bonds. The number of piperazine rings is 1.